The van der Waals surface area contributed by atoms with Gasteiger partial charge in [0.05, 0.1) is 16.9 Å². The molecule has 1 aromatic carbocycles. The molecule has 0 saturated heterocycles. The van der Waals surface area contributed by atoms with Crippen LogP contribution in [-0.4, -0.2) is 22.9 Å². The molecule has 0 aliphatic heterocycles. The largest absolute Gasteiger partial charge is 0.573 e. The molecule has 0 unspecified atom stereocenters. The highest BCUT2D eigenvalue weighted by Crippen LogP contribution is 2.28. The summed E-state index contributed by atoms with van der Waals surface area (Å²) in [4.78, 5) is 20.8. The Kier molecular flexibility index (Phi) is 4.12. The molecule has 5 nitrogen and oxygen atoms in total. The van der Waals surface area contributed by atoms with E-state index in [9.17, 15) is 28.1 Å². The van der Waals surface area contributed by atoms with Gasteiger partial charge in [0.25, 0.3) is 5.69 Å². The van der Waals surface area contributed by atoms with Gasteiger partial charge in [-0.05, 0) is 6.07 Å². The lowest BCUT2D eigenvalue weighted by Crippen LogP contribution is -2.17. The molecule has 0 aromatic heterocycles. The molecule has 0 amide bonds. The second-order valence-electron chi connectivity index (χ2n) is 3.08. The van der Waals surface area contributed by atoms with Crippen molar-refractivity contribution in [1.29, 1.82) is 0 Å². The number of ether oxygens (including phenoxy) is 1. The van der Waals surface area contributed by atoms with Crippen LogP contribution >= 0.6 is 11.6 Å². The van der Waals surface area contributed by atoms with Gasteiger partial charge in [0.2, 0.25) is 0 Å². The fourth-order valence-corrected chi connectivity index (χ4v) is 1.27. The van der Waals surface area contributed by atoms with E-state index in [1.54, 1.807) is 0 Å². The van der Waals surface area contributed by atoms with E-state index < -0.39 is 34.4 Å². The third kappa shape index (κ3) is 3.88. The van der Waals surface area contributed by atoms with E-state index in [0.29, 0.717) is 6.07 Å². The molecule has 0 saturated carbocycles. The van der Waals surface area contributed by atoms with Crippen molar-refractivity contribution in [2.24, 2.45) is 0 Å². The Labute approximate surface area is 103 Å². The minimum atomic E-state index is -5.00. The number of non-ortho nitro benzene ring substituents is 1. The summed E-state index contributed by atoms with van der Waals surface area (Å²) in [7, 11) is 0. The summed E-state index contributed by atoms with van der Waals surface area (Å²) in [6.07, 6.45) is -5.00. The zero-order valence-electron chi connectivity index (χ0n) is 8.53. The predicted molar refractivity (Wildman–Crippen MR) is 54.8 cm³/mol. The van der Waals surface area contributed by atoms with Crippen LogP contribution < -0.4 is 4.74 Å². The number of benzene rings is 1. The Balaban J connectivity index is 3.22. The zero-order valence-corrected chi connectivity index (χ0v) is 9.29. The Morgan fingerprint density at radius 2 is 2.00 bits per heavy atom. The van der Waals surface area contributed by atoms with Crippen molar-refractivity contribution in [3.63, 3.8) is 0 Å². The van der Waals surface area contributed by atoms with Gasteiger partial charge in [-0.2, -0.15) is 0 Å². The molecular formula is C9H5ClF3NO4. The molecule has 0 radical (unpaired) electrons. The van der Waals surface area contributed by atoms with E-state index >= 15 is 0 Å². The van der Waals surface area contributed by atoms with Crippen LogP contribution in [0.15, 0.2) is 18.2 Å². The van der Waals surface area contributed by atoms with Crippen LogP contribution in [0, 0.1) is 10.1 Å². The number of halogens is 4. The molecule has 1 aromatic rings. The fraction of sp³-hybridized carbons (Fsp3) is 0.222. The van der Waals surface area contributed by atoms with Crippen LogP contribution in [0.3, 0.4) is 0 Å². The first-order chi connectivity index (χ1) is 8.23. The van der Waals surface area contributed by atoms with Gasteiger partial charge in [-0.15, -0.1) is 24.8 Å². The Hall–Kier alpha value is -1.83. The normalized spacial score (nSPS) is 11.1. The first-order valence-electron chi connectivity index (χ1n) is 4.37. The number of Topliss-reactive ketones (excluding diaryl/α,β-unsaturated/α-hetero) is 1. The van der Waals surface area contributed by atoms with Crippen LogP contribution in [-0.2, 0) is 0 Å². The number of nitro benzene ring substituents is 1. The molecule has 0 aliphatic carbocycles. The highest BCUT2D eigenvalue weighted by Gasteiger charge is 2.32. The van der Waals surface area contributed by atoms with Crippen LogP contribution in [0.4, 0.5) is 18.9 Å². The van der Waals surface area contributed by atoms with Crippen molar-refractivity contribution in [1.82, 2.24) is 0 Å². The summed E-state index contributed by atoms with van der Waals surface area (Å²) in [5, 5.41) is 10.5. The molecule has 0 aliphatic rings. The third-order valence-corrected chi connectivity index (χ3v) is 2.02. The average molecular weight is 284 g/mol. The standard InChI is InChI=1S/C9H5ClF3NO4/c10-4-8(15)5-1-6(14(16)17)3-7(2-5)18-9(11,12)13/h1-3H,4H2. The number of nitrogens with zero attached hydrogens (tertiary/aromatic N) is 1. The summed E-state index contributed by atoms with van der Waals surface area (Å²) in [6.45, 7) is 0. The lowest BCUT2D eigenvalue weighted by atomic mass is 10.1. The summed E-state index contributed by atoms with van der Waals surface area (Å²) in [5.74, 6) is -2.09. The molecule has 0 bridgehead atoms. The van der Waals surface area contributed by atoms with E-state index in [1.807, 2.05) is 0 Å². The van der Waals surface area contributed by atoms with E-state index in [4.69, 9.17) is 11.6 Å². The molecule has 98 valence electrons. The van der Waals surface area contributed by atoms with Gasteiger partial charge < -0.3 is 4.74 Å². The highest BCUT2D eigenvalue weighted by atomic mass is 35.5. The van der Waals surface area contributed by atoms with Gasteiger partial charge in [0.15, 0.2) is 5.78 Å². The smallest absolute Gasteiger partial charge is 0.406 e. The first-order valence-corrected chi connectivity index (χ1v) is 4.91. The number of hydrogen-bond donors (Lipinski definition) is 0. The molecule has 0 atom stereocenters. The van der Waals surface area contributed by atoms with E-state index in [1.165, 1.54) is 0 Å². The van der Waals surface area contributed by atoms with Crippen LogP contribution in [0.1, 0.15) is 10.4 Å². The predicted octanol–water partition coefficient (Wildman–Crippen LogP) is 2.91. The molecule has 18 heavy (non-hydrogen) atoms. The second-order valence-corrected chi connectivity index (χ2v) is 3.34. The van der Waals surface area contributed by atoms with Gasteiger partial charge in [0, 0.05) is 11.6 Å². The topological polar surface area (TPSA) is 69.4 Å². The maximum absolute atomic E-state index is 12.0. The van der Waals surface area contributed by atoms with Crippen LogP contribution in [0.5, 0.6) is 5.75 Å². The molecule has 9 heteroatoms. The zero-order chi connectivity index (χ0) is 13.9. The van der Waals surface area contributed by atoms with Gasteiger partial charge >= 0.3 is 6.36 Å². The van der Waals surface area contributed by atoms with E-state index in [2.05, 4.69) is 4.74 Å². The Bertz CT molecular complexity index is 489. The number of carbonyl (C=O) groups is 1. The number of carbonyl (C=O) groups excluding carboxylic acids is 1. The lowest BCUT2D eigenvalue weighted by molar-refractivity contribution is -0.385. The third-order valence-electron chi connectivity index (χ3n) is 1.78. The summed E-state index contributed by atoms with van der Waals surface area (Å²) < 4.78 is 39.5. The van der Waals surface area contributed by atoms with Crippen molar-refractivity contribution >= 4 is 23.1 Å². The van der Waals surface area contributed by atoms with Gasteiger partial charge in [0.1, 0.15) is 5.75 Å². The number of rotatable bonds is 4. The molecule has 1 rings (SSSR count). The fourth-order valence-electron chi connectivity index (χ4n) is 1.12. The number of nitro groups is 1. The second kappa shape index (κ2) is 5.21. The maximum Gasteiger partial charge on any atom is 0.573 e. The molecule has 0 fully saturated rings. The van der Waals surface area contributed by atoms with E-state index in [0.717, 1.165) is 12.1 Å². The SMILES string of the molecule is O=C(CCl)c1cc(OC(F)(F)F)cc([N+](=O)[O-])c1. The van der Waals surface area contributed by atoms with Crippen molar-refractivity contribution in [3.8, 4) is 5.75 Å². The van der Waals surface area contributed by atoms with Crippen LogP contribution in [0.2, 0.25) is 0 Å². The quantitative estimate of drug-likeness (QED) is 0.369. The van der Waals surface area contributed by atoms with Gasteiger partial charge in [-0.3, -0.25) is 14.9 Å². The van der Waals surface area contributed by atoms with Gasteiger partial charge in [-0.1, -0.05) is 0 Å². The number of alkyl halides is 4. The first kappa shape index (κ1) is 14.2. The van der Waals surface area contributed by atoms with Crippen molar-refractivity contribution in [3.05, 3.63) is 33.9 Å². The molecular weight excluding hydrogens is 279 g/mol. The van der Waals surface area contributed by atoms with E-state index in [-0.39, 0.29) is 5.56 Å². The highest BCUT2D eigenvalue weighted by molar-refractivity contribution is 6.30. The Morgan fingerprint density at radius 3 is 2.44 bits per heavy atom. The van der Waals surface area contributed by atoms with Crippen molar-refractivity contribution < 1.29 is 27.6 Å². The van der Waals surface area contributed by atoms with Crippen LogP contribution in [0.25, 0.3) is 0 Å². The Morgan fingerprint density at radius 1 is 1.39 bits per heavy atom. The molecule has 0 heterocycles. The lowest BCUT2D eigenvalue weighted by Gasteiger charge is -2.09. The molecule has 0 spiro atoms. The number of hydrogen-bond acceptors (Lipinski definition) is 4. The van der Waals surface area contributed by atoms with Crippen molar-refractivity contribution in [2.75, 3.05) is 5.88 Å². The summed E-state index contributed by atoms with van der Waals surface area (Å²) in [5.41, 5.74) is -1.01. The minimum absolute atomic E-state index is 0.321. The number of ketones is 1. The molecule has 0 N–H and O–H groups in total. The summed E-state index contributed by atoms with van der Waals surface area (Å²) >= 11 is 5.22. The average Bonchev–Trinajstić information content (AvgIpc) is 2.25. The summed E-state index contributed by atoms with van der Waals surface area (Å²) in [6, 6.07) is 2.14. The van der Waals surface area contributed by atoms with Crippen molar-refractivity contribution in [2.45, 2.75) is 6.36 Å². The maximum atomic E-state index is 12.0. The van der Waals surface area contributed by atoms with Gasteiger partial charge in [-0.25, -0.2) is 0 Å². The minimum Gasteiger partial charge on any atom is -0.406 e. The monoisotopic (exact) mass is 283 g/mol.